The monoisotopic (exact) mass is 293 g/mol. The van der Waals surface area contributed by atoms with E-state index in [1.807, 2.05) is 0 Å². The van der Waals surface area contributed by atoms with Crippen molar-refractivity contribution in [3.63, 3.8) is 0 Å². The highest BCUT2D eigenvalue weighted by Crippen LogP contribution is 2.24. The van der Waals surface area contributed by atoms with Gasteiger partial charge in [0.05, 0.1) is 10.6 Å². The molecular formula is C13H15N3O3S. The summed E-state index contributed by atoms with van der Waals surface area (Å²) in [5, 5.41) is 11.8. The zero-order chi connectivity index (χ0) is 14.7. The summed E-state index contributed by atoms with van der Waals surface area (Å²) >= 11 is 1.16. The Morgan fingerprint density at radius 1 is 1.60 bits per heavy atom. The van der Waals surface area contributed by atoms with Crippen LogP contribution in [0.1, 0.15) is 27.4 Å². The molecule has 1 aromatic rings. The number of carboxylic acid groups (broad SMARTS) is 1. The number of hydrogen-bond acceptors (Lipinski definition) is 4. The normalized spacial score (nSPS) is 18.4. The van der Waals surface area contributed by atoms with Crippen LogP contribution in [0, 0.1) is 12.3 Å². The van der Waals surface area contributed by atoms with Gasteiger partial charge < -0.3 is 21.1 Å². The van der Waals surface area contributed by atoms with E-state index < -0.39 is 6.09 Å². The first kappa shape index (κ1) is 14.2. The van der Waals surface area contributed by atoms with Crippen molar-refractivity contribution in [1.82, 2.24) is 10.2 Å². The molecule has 2 amide bonds. The van der Waals surface area contributed by atoms with E-state index in [1.54, 1.807) is 6.07 Å². The van der Waals surface area contributed by atoms with Gasteiger partial charge in [-0.25, -0.2) is 4.79 Å². The van der Waals surface area contributed by atoms with E-state index in [0.717, 1.165) is 24.2 Å². The van der Waals surface area contributed by atoms with E-state index in [0.29, 0.717) is 28.5 Å². The molecule has 0 bridgehead atoms. The lowest BCUT2D eigenvalue weighted by atomic mass is 10.1. The van der Waals surface area contributed by atoms with Crippen molar-refractivity contribution >= 4 is 29.0 Å². The second-order valence-electron chi connectivity index (χ2n) is 4.58. The average Bonchev–Trinajstić information content (AvgIpc) is 2.80. The van der Waals surface area contributed by atoms with Gasteiger partial charge >= 0.3 is 6.09 Å². The fourth-order valence-electron chi connectivity index (χ4n) is 2.17. The molecule has 2 rings (SSSR count). The topological polar surface area (TPSA) is 95.7 Å². The van der Waals surface area contributed by atoms with Gasteiger partial charge in [-0.05, 0) is 18.9 Å². The number of carbonyl (C=O) groups excluding carboxylic acids is 1. The summed E-state index contributed by atoms with van der Waals surface area (Å²) in [6.45, 7) is 0.804. The van der Waals surface area contributed by atoms with Crippen LogP contribution < -0.4 is 11.1 Å². The Morgan fingerprint density at radius 3 is 2.95 bits per heavy atom. The van der Waals surface area contributed by atoms with Crippen LogP contribution in [-0.4, -0.2) is 41.1 Å². The number of terminal acetylenes is 1. The number of nitrogens with two attached hydrogens (primary N) is 1. The van der Waals surface area contributed by atoms with Crippen LogP contribution >= 0.6 is 11.3 Å². The molecule has 0 saturated carbocycles. The summed E-state index contributed by atoms with van der Waals surface area (Å²) in [4.78, 5) is 25.3. The minimum atomic E-state index is -0.964. The van der Waals surface area contributed by atoms with Crippen molar-refractivity contribution in [2.75, 3.05) is 18.8 Å². The highest BCUT2D eigenvalue weighted by molar-refractivity contribution is 7.15. The summed E-state index contributed by atoms with van der Waals surface area (Å²) < 4.78 is 0. The van der Waals surface area contributed by atoms with Crippen molar-refractivity contribution in [1.29, 1.82) is 0 Å². The standard InChI is InChI=1S/C13H15N3O3S/c1-2-9-6-10(14)11(20-9)12(17)15-8-4-3-5-16(7-8)13(18)19/h1,6,8H,3-5,7,14H2,(H,15,17)(H,18,19). The minimum absolute atomic E-state index is 0.192. The molecule has 0 aliphatic carbocycles. The van der Waals surface area contributed by atoms with Gasteiger partial charge in [0.15, 0.2) is 0 Å². The fraction of sp³-hybridized carbons (Fsp3) is 0.385. The lowest BCUT2D eigenvalue weighted by Gasteiger charge is -2.31. The Morgan fingerprint density at radius 2 is 2.35 bits per heavy atom. The molecule has 6 nitrogen and oxygen atoms in total. The number of likely N-dealkylation sites (tertiary alicyclic amines) is 1. The molecule has 0 aromatic carbocycles. The molecule has 1 unspecified atom stereocenters. The molecule has 4 N–H and O–H groups in total. The number of piperidine rings is 1. The van der Waals surface area contributed by atoms with Crippen LogP contribution in [0.25, 0.3) is 0 Å². The second-order valence-corrected chi connectivity index (χ2v) is 5.63. The van der Waals surface area contributed by atoms with Gasteiger partial charge in [-0.3, -0.25) is 4.79 Å². The van der Waals surface area contributed by atoms with Gasteiger partial charge in [-0.15, -0.1) is 17.8 Å². The molecule has 1 saturated heterocycles. The van der Waals surface area contributed by atoms with E-state index in [9.17, 15) is 9.59 Å². The number of hydrogen-bond donors (Lipinski definition) is 3. The van der Waals surface area contributed by atoms with Crippen LogP contribution in [0.15, 0.2) is 6.07 Å². The first-order chi connectivity index (χ1) is 9.51. The van der Waals surface area contributed by atoms with E-state index in [-0.39, 0.29) is 11.9 Å². The molecule has 2 heterocycles. The maximum absolute atomic E-state index is 12.1. The maximum atomic E-state index is 12.1. The second kappa shape index (κ2) is 5.84. The quantitative estimate of drug-likeness (QED) is 0.714. The number of amides is 2. The Kier molecular flexibility index (Phi) is 4.15. The third-order valence-corrected chi connectivity index (χ3v) is 4.22. The Hall–Kier alpha value is -2.20. The summed E-state index contributed by atoms with van der Waals surface area (Å²) in [5.74, 6) is 2.14. The molecule has 1 aliphatic heterocycles. The van der Waals surface area contributed by atoms with Crippen LogP contribution in [0.3, 0.4) is 0 Å². The smallest absolute Gasteiger partial charge is 0.407 e. The Labute approximate surface area is 120 Å². The zero-order valence-electron chi connectivity index (χ0n) is 10.8. The lowest BCUT2D eigenvalue weighted by Crippen LogP contribution is -2.49. The van der Waals surface area contributed by atoms with Gasteiger partial charge in [0, 0.05) is 19.1 Å². The Balaban J connectivity index is 2.02. The molecular weight excluding hydrogens is 278 g/mol. The average molecular weight is 293 g/mol. The number of rotatable bonds is 2. The molecule has 1 aromatic heterocycles. The van der Waals surface area contributed by atoms with Crippen molar-refractivity contribution in [2.24, 2.45) is 0 Å². The first-order valence-electron chi connectivity index (χ1n) is 6.16. The fourth-order valence-corrected chi connectivity index (χ4v) is 2.97. The Bertz CT molecular complexity index is 576. The lowest BCUT2D eigenvalue weighted by molar-refractivity contribution is 0.0893. The maximum Gasteiger partial charge on any atom is 0.407 e. The molecule has 1 atom stereocenters. The molecule has 0 spiro atoms. The minimum Gasteiger partial charge on any atom is -0.465 e. The number of nitrogens with one attached hydrogen (secondary N) is 1. The van der Waals surface area contributed by atoms with Gasteiger partial charge in [0.2, 0.25) is 0 Å². The highest BCUT2D eigenvalue weighted by atomic mass is 32.1. The highest BCUT2D eigenvalue weighted by Gasteiger charge is 2.25. The largest absolute Gasteiger partial charge is 0.465 e. The predicted molar refractivity (Wildman–Crippen MR) is 76.8 cm³/mol. The number of anilines is 1. The predicted octanol–water partition coefficient (Wildman–Crippen LogP) is 1.18. The van der Waals surface area contributed by atoms with E-state index in [4.69, 9.17) is 17.3 Å². The summed E-state index contributed by atoms with van der Waals surface area (Å²) in [6.07, 6.45) is 5.79. The van der Waals surface area contributed by atoms with Gasteiger partial charge in [-0.1, -0.05) is 5.92 Å². The summed E-state index contributed by atoms with van der Waals surface area (Å²) in [5.41, 5.74) is 6.10. The van der Waals surface area contributed by atoms with Crippen molar-refractivity contribution < 1.29 is 14.7 Å². The van der Waals surface area contributed by atoms with E-state index in [1.165, 1.54) is 4.90 Å². The number of carbonyl (C=O) groups is 2. The van der Waals surface area contributed by atoms with E-state index >= 15 is 0 Å². The van der Waals surface area contributed by atoms with Crippen molar-refractivity contribution in [2.45, 2.75) is 18.9 Å². The molecule has 7 heteroatoms. The molecule has 20 heavy (non-hydrogen) atoms. The van der Waals surface area contributed by atoms with Gasteiger partial charge in [-0.2, -0.15) is 0 Å². The summed E-state index contributed by atoms with van der Waals surface area (Å²) in [6, 6.07) is 1.40. The van der Waals surface area contributed by atoms with Crippen molar-refractivity contribution in [3.8, 4) is 12.3 Å². The number of nitrogen functional groups attached to an aromatic ring is 1. The van der Waals surface area contributed by atoms with Crippen LogP contribution in [0.4, 0.5) is 10.5 Å². The SMILES string of the molecule is C#Cc1cc(N)c(C(=O)NC2CCCN(C(=O)O)C2)s1. The molecule has 0 radical (unpaired) electrons. The van der Waals surface area contributed by atoms with Gasteiger partial charge in [0.1, 0.15) is 4.88 Å². The van der Waals surface area contributed by atoms with E-state index in [2.05, 4.69) is 11.2 Å². The summed E-state index contributed by atoms with van der Waals surface area (Å²) in [7, 11) is 0. The van der Waals surface area contributed by atoms with Crippen LogP contribution in [0.5, 0.6) is 0 Å². The molecule has 106 valence electrons. The third-order valence-electron chi connectivity index (χ3n) is 3.14. The third kappa shape index (κ3) is 3.03. The van der Waals surface area contributed by atoms with Crippen LogP contribution in [-0.2, 0) is 0 Å². The number of nitrogens with zero attached hydrogens (tertiary/aromatic N) is 1. The van der Waals surface area contributed by atoms with Crippen molar-refractivity contribution in [3.05, 3.63) is 15.8 Å². The van der Waals surface area contributed by atoms with Crippen LogP contribution in [0.2, 0.25) is 0 Å². The zero-order valence-corrected chi connectivity index (χ0v) is 11.6. The molecule has 1 aliphatic rings. The number of thiophene rings is 1. The van der Waals surface area contributed by atoms with Gasteiger partial charge in [0.25, 0.3) is 5.91 Å². The first-order valence-corrected chi connectivity index (χ1v) is 6.97. The molecule has 1 fully saturated rings.